The molecule has 0 unspecified atom stereocenters. The molecule has 0 aliphatic rings. The first-order valence-corrected chi connectivity index (χ1v) is 5.90. The fraction of sp³-hybridized carbons (Fsp3) is 0.214. The van der Waals surface area contributed by atoms with Crippen molar-refractivity contribution >= 4 is 22.8 Å². The molecule has 19 heavy (non-hydrogen) atoms. The maximum Gasteiger partial charge on any atom is 0.307 e. The molecule has 0 bridgehead atoms. The summed E-state index contributed by atoms with van der Waals surface area (Å²) in [7, 11) is 1.32. The zero-order chi connectivity index (χ0) is 13.7. The second-order valence-corrected chi connectivity index (χ2v) is 3.99. The molecule has 0 saturated carbocycles. The number of nitrogens with one attached hydrogen (secondary N) is 1. The van der Waals surface area contributed by atoms with Gasteiger partial charge >= 0.3 is 5.97 Å². The van der Waals surface area contributed by atoms with Crippen molar-refractivity contribution in [2.45, 2.75) is 6.42 Å². The van der Waals surface area contributed by atoms with Crippen molar-refractivity contribution in [3.63, 3.8) is 0 Å². The minimum absolute atomic E-state index is 0.164. The van der Waals surface area contributed by atoms with Gasteiger partial charge in [0.15, 0.2) is 0 Å². The number of amides is 1. The standard InChI is InChI=1S/C14H14N2O3/c1-19-13(17)6-8-16-14(18)11-4-5-12-10(9-11)3-2-7-15-12/h2-5,7,9H,6,8H2,1H3,(H,16,18). The van der Waals surface area contributed by atoms with Gasteiger partial charge in [-0.2, -0.15) is 0 Å². The Hall–Kier alpha value is -2.43. The van der Waals surface area contributed by atoms with Crippen LogP contribution in [0.1, 0.15) is 16.8 Å². The first-order valence-electron chi connectivity index (χ1n) is 5.90. The summed E-state index contributed by atoms with van der Waals surface area (Å²) in [5.41, 5.74) is 1.39. The van der Waals surface area contributed by atoms with Crippen LogP contribution in [0.5, 0.6) is 0 Å². The SMILES string of the molecule is COC(=O)CCNC(=O)c1ccc2ncccc2c1. The number of rotatable bonds is 4. The summed E-state index contributed by atoms with van der Waals surface area (Å²) >= 11 is 0. The number of ether oxygens (including phenoxy) is 1. The van der Waals surface area contributed by atoms with Gasteiger partial charge in [0.2, 0.25) is 0 Å². The van der Waals surface area contributed by atoms with Crippen LogP contribution in [0.4, 0.5) is 0 Å². The number of nitrogens with zero attached hydrogens (tertiary/aromatic N) is 1. The van der Waals surface area contributed by atoms with Crippen molar-refractivity contribution in [2.75, 3.05) is 13.7 Å². The highest BCUT2D eigenvalue weighted by atomic mass is 16.5. The van der Waals surface area contributed by atoms with Crippen LogP contribution in [0.3, 0.4) is 0 Å². The summed E-state index contributed by atoms with van der Waals surface area (Å²) < 4.78 is 4.50. The lowest BCUT2D eigenvalue weighted by Gasteiger charge is -2.05. The first kappa shape index (κ1) is 13.0. The highest BCUT2D eigenvalue weighted by molar-refractivity contribution is 5.98. The normalized spacial score (nSPS) is 10.2. The molecule has 1 aromatic carbocycles. The Morgan fingerprint density at radius 3 is 2.95 bits per heavy atom. The number of carbonyl (C=O) groups is 2. The molecule has 1 aromatic heterocycles. The Labute approximate surface area is 110 Å². The van der Waals surface area contributed by atoms with E-state index in [0.29, 0.717) is 5.56 Å². The van der Waals surface area contributed by atoms with Gasteiger partial charge in [-0.1, -0.05) is 6.07 Å². The highest BCUT2D eigenvalue weighted by Gasteiger charge is 2.07. The topological polar surface area (TPSA) is 68.3 Å². The predicted octanol–water partition coefficient (Wildman–Crippen LogP) is 1.53. The summed E-state index contributed by atoms with van der Waals surface area (Å²) in [5.74, 6) is -0.558. The monoisotopic (exact) mass is 258 g/mol. The van der Waals surface area contributed by atoms with Gasteiger partial charge in [-0.15, -0.1) is 0 Å². The molecule has 2 aromatic rings. The Kier molecular flexibility index (Phi) is 4.07. The Bertz CT molecular complexity index is 610. The molecular formula is C14H14N2O3. The van der Waals surface area contributed by atoms with Crippen molar-refractivity contribution < 1.29 is 14.3 Å². The van der Waals surface area contributed by atoms with E-state index < -0.39 is 0 Å². The van der Waals surface area contributed by atoms with Crippen molar-refractivity contribution in [2.24, 2.45) is 0 Å². The van der Waals surface area contributed by atoms with Gasteiger partial charge in [0.05, 0.1) is 19.0 Å². The molecule has 1 N–H and O–H groups in total. The van der Waals surface area contributed by atoms with E-state index in [1.54, 1.807) is 24.4 Å². The second kappa shape index (κ2) is 5.95. The number of esters is 1. The summed E-state index contributed by atoms with van der Waals surface area (Å²) in [4.78, 5) is 27.0. The van der Waals surface area contributed by atoms with Crippen LogP contribution in [0.2, 0.25) is 0 Å². The van der Waals surface area contributed by atoms with Crippen LogP contribution < -0.4 is 5.32 Å². The second-order valence-electron chi connectivity index (χ2n) is 3.99. The average Bonchev–Trinajstić information content (AvgIpc) is 2.46. The lowest BCUT2D eigenvalue weighted by atomic mass is 10.1. The lowest BCUT2D eigenvalue weighted by molar-refractivity contribution is -0.140. The largest absolute Gasteiger partial charge is 0.469 e. The zero-order valence-electron chi connectivity index (χ0n) is 10.6. The number of benzene rings is 1. The Morgan fingerprint density at radius 1 is 1.32 bits per heavy atom. The Balaban J connectivity index is 2.03. The number of carbonyl (C=O) groups excluding carboxylic acids is 2. The summed E-state index contributed by atoms with van der Waals surface area (Å²) in [6.45, 7) is 0.260. The van der Waals surface area contributed by atoms with Gasteiger partial charge in [0.1, 0.15) is 0 Å². The van der Waals surface area contributed by atoms with E-state index in [2.05, 4.69) is 15.0 Å². The predicted molar refractivity (Wildman–Crippen MR) is 70.7 cm³/mol. The van der Waals surface area contributed by atoms with Crippen LogP contribution in [0.25, 0.3) is 10.9 Å². The van der Waals surface area contributed by atoms with Gasteiger partial charge in [0.25, 0.3) is 5.91 Å². The fourth-order valence-corrected chi connectivity index (χ4v) is 1.70. The van der Waals surface area contributed by atoms with Crippen LogP contribution in [0, 0.1) is 0 Å². The first-order chi connectivity index (χ1) is 9.20. The molecule has 1 amide bonds. The number of fused-ring (bicyclic) bond motifs is 1. The molecule has 5 heteroatoms. The summed E-state index contributed by atoms with van der Waals surface area (Å²) in [6.07, 6.45) is 1.87. The van der Waals surface area contributed by atoms with Crippen molar-refractivity contribution in [1.82, 2.24) is 10.3 Å². The molecule has 0 aliphatic heterocycles. The maximum atomic E-state index is 11.9. The molecule has 0 radical (unpaired) electrons. The molecular weight excluding hydrogens is 244 g/mol. The smallest absolute Gasteiger partial charge is 0.307 e. The van der Waals surface area contributed by atoms with E-state index in [0.717, 1.165) is 10.9 Å². The minimum atomic E-state index is -0.344. The summed E-state index contributed by atoms with van der Waals surface area (Å²) in [5, 5.41) is 3.57. The van der Waals surface area contributed by atoms with Gasteiger partial charge < -0.3 is 10.1 Å². The third-order valence-electron chi connectivity index (χ3n) is 2.71. The van der Waals surface area contributed by atoms with E-state index in [4.69, 9.17) is 0 Å². The number of methoxy groups -OCH3 is 1. The van der Waals surface area contributed by atoms with E-state index in [1.807, 2.05) is 12.1 Å². The quantitative estimate of drug-likeness (QED) is 0.844. The summed E-state index contributed by atoms with van der Waals surface area (Å²) in [6, 6.07) is 9.00. The number of pyridine rings is 1. The highest BCUT2D eigenvalue weighted by Crippen LogP contribution is 2.13. The third-order valence-corrected chi connectivity index (χ3v) is 2.71. The molecule has 0 atom stereocenters. The van der Waals surface area contributed by atoms with Crippen molar-refractivity contribution in [3.8, 4) is 0 Å². The lowest BCUT2D eigenvalue weighted by Crippen LogP contribution is -2.26. The van der Waals surface area contributed by atoms with E-state index >= 15 is 0 Å². The van der Waals surface area contributed by atoms with Gasteiger partial charge in [0, 0.05) is 23.7 Å². The number of aromatic nitrogens is 1. The van der Waals surface area contributed by atoms with E-state index in [9.17, 15) is 9.59 Å². The minimum Gasteiger partial charge on any atom is -0.469 e. The average molecular weight is 258 g/mol. The van der Waals surface area contributed by atoms with Gasteiger partial charge in [-0.05, 0) is 24.3 Å². The molecule has 5 nitrogen and oxygen atoms in total. The van der Waals surface area contributed by atoms with Gasteiger partial charge in [-0.25, -0.2) is 0 Å². The maximum absolute atomic E-state index is 11.9. The molecule has 2 rings (SSSR count). The molecule has 0 fully saturated rings. The van der Waals surface area contributed by atoms with Gasteiger partial charge in [-0.3, -0.25) is 14.6 Å². The van der Waals surface area contributed by atoms with Crippen LogP contribution >= 0.6 is 0 Å². The number of hydrogen-bond donors (Lipinski definition) is 1. The zero-order valence-corrected chi connectivity index (χ0v) is 10.6. The third kappa shape index (κ3) is 3.28. The van der Waals surface area contributed by atoms with E-state index in [1.165, 1.54) is 7.11 Å². The van der Waals surface area contributed by atoms with Crippen LogP contribution in [0.15, 0.2) is 36.5 Å². The Morgan fingerprint density at radius 2 is 2.16 bits per heavy atom. The number of hydrogen-bond acceptors (Lipinski definition) is 4. The molecule has 0 saturated heterocycles. The van der Waals surface area contributed by atoms with E-state index in [-0.39, 0.29) is 24.8 Å². The van der Waals surface area contributed by atoms with Crippen LogP contribution in [-0.2, 0) is 9.53 Å². The van der Waals surface area contributed by atoms with Crippen molar-refractivity contribution in [3.05, 3.63) is 42.1 Å². The van der Waals surface area contributed by atoms with Crippen LogP contribution in [-0.4, -0.2) is 30.5 Å². The fourth-order valence-electron chi connectivity index (χ4n) is 1.70. The molecule has 1 heterocycles. The van der Waals surface area contributed by atoms with Crippen molar-refractivity contribution in [1.29, 1.82) is 0 Å². The molecule has 98 valence electrons. The molecule has 0 aliphatic carbocycles. The molecule has 0 spiro atoms.